The van der Waals surface area contributed by atoms with E-state index in [2.05, 4.69) is 19.1 Å². The van der Waals surface area contributed by atoms with Crippen molar-refractivity contribution in [2.45, 2.75) is 19.8 Å². The second-order valence-electron chi connectivity index (χ2n) is 5.27. The number of hydrogen-bond acceptors (Lipinski definition) is 4. The Kier molecular flexibility index (Phi) is 4.76. The lowest BCUT2D eigenvalue weighted by Gasteiger charge is -2.20. The van der Waals surface area contributed by atoms with Crippen LogP contribution in [-0.4, -0.2) is 35.6 Å². The summed E-state index contributed by atoms with van der Waals surface area (Å²) in [5, 5.41) is 10.4. The summed E-state index contributed by atoms with van der Waals surface area (Å²) in [6.07, 6.45) is 2.01. The largest absolute Gasteiger partial charge is 0.395 e. The first kappa shape index (κ1) is 15.5. The van der Waals surface area contributed by atoms with Crippen molar-refractivity contribution in [3.8, 4) is 0 Å². The molecule has 3 nitrogen and oxygen atoms in total. The maximum Gasteiger partial charge on any atom is 0.264 e. The van der Waals surface area contributed by atoms with Crippen molar-refractivity contribution in [3.63, 3.8) is 0 Å². The van der Waals surface area contributed by atoms with Gasteiger partial charge < -0.3 is 10.0 Å². The van der Waals surface area contributed by atoms with Gasteiger partial charge in [-0.15, -0.1) is 22.7 Å². The van der Waals surface area contributed by atoms with E-state index in [1.54, 1.807) is 27.6 Å². The van der Waals surface area contributed by atoms with Crippen LogP contribution in [0, 0.1) is 0 Å². The molecule has 22 heavy (non-hydrogen) atoms. The number of aliphatic hydroxyl groups excluding tert-OH is 1. The first-order valence-corrected chi connectivity index (χ1v) is 9.19. The molecular weight excluding hydrogens is 314 g/mol. The van der Waals surface area contributed by atoms with Crippen molar-refractivity contribution in [2.24, 2.45) is 0 Å². The van der Waals surface area contributed by atoms with Gasteiger partial charge in [0.05, 0.1) is 16.2 Å². The Morgan fingerprint density at radius 2 is 2.00 bits per heavy atom. The molecule has 3 aromatic rings. The molecule has 2 heterocycles. The minimum atomic E-state index is 0.0120. The Morgan fingerprint density at radius 1 is 1.18 bits per heavy atom. The Hall–Kier alpha value is -1.43. The van der Waals surface area contributed by atoms with E-state index in [1.807, 2.05) is 18.2 Å². The van der Waals surface area contributed by atoms with Gasteiger partial charge >= 0.3 is 0 Å². The number of unbranched alkanes of at least 4 members (excludes halogenated alkanes) is 1. The van der Waals surface area contributed by atoms with Crippen LogP contribution < -0.4 is 0 Å². The van der Waals surface area contributed by atoms with Crippen LogP contribution in [0.4, 0.5) is 0 Å². The molecule has 116 valence electrons. The highest BCUT2D eigenvalue weighted by Crippen LogP contribution is 2.39. The first-order valence-electron chi connectivity index (χ1n) is 7.55. The van der Waals surface area contributed by atoms with Gasteiger partial charge in [0.15, 0.2) is 0 Å². The maximum atomic E-state index is 12.7. The monoisotopic (exact) mass is 333 g/mol. The van der Waals surface area contributed by atoms with Gasteiger partial charge in [0.25, 0.3) is 5.91 Å². The minimum absolute atomic E-state index is 0.0120. The molecule has 1 aromatic carbocycles. The number of carbonyl (C=O) groups is 1. The highest BCUT2D eigenvalue weighted by Gasteiger charge is 2.19. The number of carbonyl (C=O) groups excluding carboxylic acids is 1. The zero-order chi connectivity index (χ0) is 15.5. The summed E-state index contributed by atoms with van der Waals surface area (Å²) in [6.45, 7) is 3.24. The Labute approximate surface area is 137 Å². The number of aliphatic hydroxyl groups is 1. The molecule has 0 bridgehead atoms. The summed E-state index contributed by atoms with van der Waals surface area (Å²) in [4.78, 5) is 15.2. The second kappa shape index (κ2) is 6.77. The predicted molar refractivity (Wildman–Crippen MR) is 95.1 cm³/mol. The van der Waals surface area contributed by atoms with E-state index >= 15 is 0 Å². The van der Waals surface area contributed by atoms with Gasteiger partial charge in [0, 0.05) is 27.9 Å². The average molecular weight is 333 g/mol. The minimum Gasteiger partial charge on any atom is -0.395 e. The van der Waals surface area contributed by atoms with Crippen molar-refractivity contribution in [1.29, 1.82) is 0 Å². The number of rotatable bonds is 6. The Morgan fingerprint density at radius 3 is 2.77 bits per heavy atom. The van der Waals surface area contributed by atoms with Crippen molar-refractivity contribution < 1.29 is 9.90 Å². The van der Waals surface area contributed by atoms with Gasteiger partial charge in [0.2, 0.25) is 0 Å². The highest BCUT2D eigenvalue weighted by molar-refractivity contribution is 7.33. The van der Waals surface area contributed by atoms with E-state index in [0.717, 1.165) is 17.7 Å². The SMILES string of the molecule is CCCCN(CCO)C(=O)c1cc2sc3ccccc3c2s1. The smallest absolute Gasteiger partial charge is 0.264 e. The number of benzene rings is 1. The van der Waals surface area contributed by atoms with Crippen molar-refractivity contribution in [3.05, 3.63) is 35.2 Å². The van der Waals surface area contributed by atoms with E-state index in [0.29, 0.717) is 13.1 Å². The van der Waals surface area contributed by atoms with Crippen LogP contribution in [0.2, 0.25) is 0 Å². The van der Waals surface area contributed by atoms with Crippen LogP contribution >= 0.6 is 22.7 Å². The summed E-state index contributed by atoms with van der Waals surface area (Å²) in [6, 6.07) is 10.3. The molecule has 1 N–H and O–H groups in total. The number of amides is 1. The third kappa shape index (κ3) is 2.89. The fraction of sp³-hybridized carbons (Fsp3) is 0.353. The maximum absolute atomic E-state index is 12.7. The molecule has 0 aliphatic heterocycles. The quantitative estimate of drug-likeness (QED) is 0.728. The van der Waals surface area contributed by atoms with Crippen LogP contribution in [-0.2, 0) is 0 Å². The van der Waals surface area contributed by atoms with Gasteiger partial charge in [-0.05, 0) is 18.6 Å². The van der Waals surface area contributed by atoms with Crippen LogP contribution in [0.3, 0.4) is 0 Å². The van der Waals surface area contributed by atoms with Crippen molar-refractivity contribution in [2.75, 3.05) is 19.7 Å². The second-order valence-corrected chi connectivity index (χ2v) is 7.41. The molecular formula is C17H19NO2S2. The van der Waals surface area contributed by atoms with Gasteiger partial charge in [-0.3, -0.25) is 4.79 Å². The summed E-state index contributed by atoms with van der Waals surface area (Å²) in [5.74, 6) is 0.0416. The van der Waals surface area contributed by atoms with E-state index in [9.17, 15) is 9.90 Å². The highest BCUT2D eigenvalue weighted by atomic mass is 32.1. The number of hydrogen-bond donors (Lipinski definition) is 1. The summed E-state index contributed by atoms with van der Waals surface area (Å²) in [5.41, 5.74) is 0. The van der Waals surface area contributed by atoms with Crippen LogP contribution in [0.1, 0.15) is 29.4 Å². The molecule has 0 saturated carbocycles. The number of fused-ring (bicyclic) bond motifs is 3. The van der Waals surface area contributed by atoms with Crippen LogP contribution in [0.5, 0.6) is 0 Å². The molecule has 0 atom stereocenters. The van der Waals surface area contributed by atoms with Gasteiger partial charge in [0.1, 0.15) is 0 Å². The van der Waals surface area contributed by atoms with Gasteiger partial charge in [-0.2, -0.15) is 0 Å². The molecule has 0 spiro atoms. The number of thiophene rings is 2. The first-order chi connectivity index (χ1) is 10.7. The summed E-state index contributed by atoms with van der Waals surface area (Å²) >= 11 is 3.30. The standard InChI is InChI=1S/C17H19NO2S2/c1-2-3-8-18(9-10-19)17(20)15-11-14-16(22-15)12-6-4-5-7-13(12)21-14/h4-7,11,19H,2-3,8-10H2,1H3. The van der Waals surface area contributed by atoms with E-state index in [4.69, 9.17) is 0 Å². The molecule has 3 rings (SSSR count). The normalized spacial score (nSPS) is 11.4. The molecule has 1 amide bonds. The predicted octanol–water partition coefficient (Wildman–Crippen LogP) is 4.35. The fourth-order valence-corrected chi connectivity index (χ4v) is 5.04. The topological polar surface area (TPSA) is 40.5 Å². The molecule has 0 saturated heterocycles. The van der Waals surface area contributed by atoms with Gasteiger partial charge in [-0.25, -0.2) is 0 Å². The Balaban J connectivity index is 1.92. The molecule has 0 aliphatic carbocycles. The van der Waals surface area contributed by atoms with Crippen LogP contribution in [0.15, 0.2) is 30.3 Å². The molecule has 2 aromatic heterocycles. The van der Waals surface area contributed by atoms with Crippen molar-refractivity contribution >= 4 is 48.1 Å². The lowest BCUT2D eigenvalue weighted by Crippen LogP contribution is -2.33. The molecule has 0 unspecified atom stereocenters. The Bertz CT molecular complexity index is 790. The molecule has 0 radical (unpaired) electrons. The van der Waals surface area contributed by atoms with Crippen molar-refractivity contribution in [1.82, 2.24) is 4.90 Å². The fourth-order valence-electron chi connectivity index (χ4n) is 2.55. The number of nitrogens with zero attached hydrogens (tertiary/aromatic N) is 1. The van der Waals surface area contributed by atoms with Gasteiger partial charge in [-0.1, -0.05) is 31.5 Å². The lowest BCUT2D eigenvalue weighted by atomic mass is 10.2. The molecule has 5 heteroatoms. The lowest BCUT2D eigenvalue weighted by molar-refractivity contribution is 0.0724. The third-order valence-electron chi connectivity index (χ3n) is 3.70. The molecule has 0 aliphatic rings. The summed E-state index contributed by atoms with van der Waals surface area (Å²) in [7, 11) is 0. The van der Waals surface area contributed by atoms with E-state index in [1.165, 1.54) is 19.5 Å². The zero-order valence-corrected chi connectivity index (χ0v) is 14.2. The van der Waals surface area contributed by atoms with E-state index < -0.39 is 0 Å². The van der Waals surface area contributed by atoms with Crippen LogP contribution in [0.25, 0.3) is 19.5 Å². The molecule has 0 fully saturated rings. The average Bonchev–Trinajstić information content (AvgIpc) is 3.08. The van der Waals surface area contributed by atoms with E-state index in [-0.39, 0.29) is 12.5 Å². The third-order valence-corrected chi connectivity index (χ3v) is 6.10. The summed E-state index contributed by atoms with van der Waals surface area (Å²) < 4.78 is 3.64. The zero-order valence-electron chi connectivity index (χ0n) is 12.5.